The molecule has 6 heteroatoms. The lowest BCUT2D eigenvalue weighted by atomic mass is 9.98. The Hall–Kier alpha value is -3.33. The van der Waals surface area contributed by atoms with Crippen LogP contribution in [0.5, 0.6) is 5.88 Å². The van der Waals surface area contributed by atoms with E-state index < -0.39 is 23.3 Å². The van der Waals surface area contributed by atoms with Crippen LogP contribution in [0.3, 0.4) is 0 Å². The van der Waals surface area contributed by atoms with Crippen molar-refractivity contribution in [1.82, 2.24) is 4.57 Å². The number of furan rings is 1. The molecule has 27 heavy (non-hydrogen) atoms. The summed E-state index contributed by atoms with van der Waals surface area (Å²) in [6.45, 7) is 8.59. The predicted octanol–water partition coefficient (Wildman–Crippen LogP) is 3.91. The van der Waals surface area contributed by atoms with Crippen LogP contribution in [-0.4, -0.2) is 15.5 Å². The number of aromatic nitrogens is 1. The highest BCUT2D eigenvalue weighted by Crippen LogP contribution is 2.32. The number of pyridine rings is 1. The molecule has 0 atom stereocenters. The summed E-state index contributed by atoms with van der Waals surface area (Å²) < 4.78 is 6.81. The molecule has 1 N–H and O–H groups in total. The standard InChI is InChI=1S/C21H20N2O4/c1-10(2)23-20(25)15(9-22)12(4)17(21(23)26)18(24)19-13(5)14-8-11(3)6-7-16(14)27-19/h6-8,10,26H,1-5H3. The van der Waals surface area contributed by atoms with E-state index in [0.717, 1.165) is 15.5 Å². The summed E-state index contributed by atoms with van der Waals surface area (Å²) in [6.07, 6.45) is 0. The largest absolute Gasteiger partial charge is 0.494 e. The number of carbonyl (C=O) groups excluding carboxylic acids is 1. The van der Waals surface area contributed by atoms with Crippen molar-refractivity contribution < 1.29 is 14.3 Å². The number of benzene rings is 1. The van der Waals surface area contributed by atoms with Gasteiger partial charge in [-0.05, 0) is 52.3 Å². The Balaban J connectivity index is 2.33. The van der Waals surface area contributed by atoms with E-state index in [2.05, 4.69) is 0 Å². The number of ketones is 1. The Bertz CT molecular complexity index is 1190. The number of aromatic hydroxyl groups is 1. The lowest BCUT2D eigenvalue weighted by Gasteiger charge is -2.17. The van der Waals surface area contributed by atoms with Gasteiger partial charge in [0.25, 0.3) is 5.56 Å². The Kier molecular flexibility index (Phi) is 4.40. The first kappa shape index (κ1) is 18.5. The van der Waals surface area contributed by atoms with Gasteiger partial charge in [-0.25, -0.2) is 0 Å². The van der Waals surface area contributed by atoms with Crippen molar-refractivity contribution in [3.63, 3.8) is 0 Å². The highest BCUT2D eigenvalue weighted by molar-refractivity contribution is 6.12. The molecule has 3 rings (SSSR count). The van der Waals surface area contributed by atoms with Crippen molar-refractivity contribution in [3.05, 3.63) is 62.1 Å². The maximum atomic E-state index is 13.2. The molecule has 1 aromatic carbocycles. The number of rotatable bonds is 3. The quantitative estimate of drug-likeness (QED) is 0.711. The van der Waals surface area contributed by atoms with Crippen molar-refractivity contribution in [3.8, 4) is 11.9 Å². The van der Waals surface area contributed by atoms with Crippen LogP contribution in [0.25, 0.3) is 11.0 Å². The number of nitrogens with zero attached hydrogens (tertiary/aromatic N) is 2. The summed E-state index contributed by atoms with van der Waals surface area (Å²) in [6, 6.07) is 7.03. The average molecular weight is 364 g/mol. The first-order valence-electron chi connectivity index (χ1n) is 8.61. The van der Waals surface area contributed by atoms with Gasteiger partial charge in [-0.1, -0.05) is 11.6 Å². The third-order valence-electron chi connectivity index (χ3n) is 4.79. The van der Waals surface area contributed by atoms with E-state index in [9.17, 15) is 20.0 Å². The Labute approximate surface area is 156 Å². The molecule has 0 aliphatic heterocycles. The van der Waals surface area contributed by atoms with Gasteiger partial charge in [0.1, 0.15) is 17.2 Å². The Morgan fingerprint density at radius 3 is 2.48 bits per heavy atom. The van der Waals surface area contributed by atoms with Gasteiger partial charge >= 0.3 is 0 Å². The second-order valence-corrected chi connectivity index (χ2v) is 6.96. The minimum atomic E-state index is -0.615. The summed E-state index contributed by atoms with van der Waals surface area (Å²) in [5.74, 6) is -0.915. The molecule has 0 spiro atoms. The van der Waals surface area contributed by atoms with Crippen LogP contribution in [0.4, 0.5) is 0 Å². The van der Waals surface area contributed by atoms with Crippen LogP contribution in [0.2, 0.25) is 0 Å². The number of hydrogen-bond donors (Lipinski definition) is 1. The van der Waals surface area contributed by atoms with E-state index in [0.29, 0.717) is 11.1 Å². The molecular formula is C21H20N2O4. The van der Waals surface area contributed by atoms with Crippen molar-refractivity contribution in [1.29, 1.82) is 5.26 Å². The number of aryl methyl sites for hydroxylation is 2. The van der Waals surface area contributed by atoms with E-state index in [1.807, 2.05) is 25.1 Å². The molecule has 0 unspecified atom stereocenters. The molecule has 0 saturated heterocycles. The van der Waals surface area contributed by atoms with E-state index in [1.54, 1.807) is 26.8 Å². The van der Waals surface area contributed by atoms with E-state index in [-0.39, 0.29) is 22.5 Å². The molecule has 2 aromatic heterocycles. The van der Waals surface area contributed by atoms with E-state index in [1.165, 1.54) is 6.92 Å². The van der Waals surface area contributed by atoms with Crippen LogP contribution in [0.15, 0.2) is 27.4 Å². The smallest absolute Gasteiger partial charge is 0.271 e. The molecule has 0 aliphatic carbocycles. The molecule has 0 radical (unpaired) electrons. The van der Waals surface area contributed by atoms with Crippen molar-refractivity contribution in [2.24, 2.45) is 0 Å². The highest BCUT2D eigenvalue weighted by atomic mass is 16.3. The number of hydrogen-bond acceptors (Lipinski definition) is 5. The molecule has 3 aromatic rings. The fourth-order valence-electron chi connectivity index (χ4n) is 3.34. The van der Waals surface area contributed by atoms with Gasteiger partial charge in [-0.2, -0.15) is 5.26 Å². The first-order valence-corrected chi connectivity index (χ1v) is 8.61. The second kappa shape index (κ2) is 6.44. The average Bonchev–Trinajstić information content (AvgIpc) is 2.91. The maximum absolute atomic E-state index is 13.2. The molecule has 0 saturated carbocycles. The zero-order valence-corrected chi connectivity index (χ0v) is 15.9. The van der Waals surface area contributed by atoms with Crippen molar-refractivity contribution in [2.75, 3.05) is 0 Å². The zero-order valence-electron chi connectivity index (χ0n) is 15.9. The first-order chi connectivity index (χ1) is 12.7. The normalized spacial score (nSPS) is 11.1. The minimum Gasteiger partial charge on any atom is -0.494 e. The lowest BCUT2D eigenvalue weighted by molar-refractivity contribution is 0.100. The molecule has 0 amide bonds. The summed E-state index contributed by atoms with van der Waals surface area (Å²) >= 11 is 0. The summed E-state index contributed by atoms with van der Waals surface area (Å²) in [5, 5.41) is 20.9. The summed E-state index contributed by atoms with van der Waals surface area (Å²) in [5.41, 5.74) is 1.54. The number of carbonyl (C=O) groups is 1. The maximum Gasteiger partial charge on any atom is 0.271 e. The van der Waals surface area contributed by atoms with Crippen LogP contribution in [0, 0.1) is 32.1 Å². The summed E-state index contributed by atoms with van der Waals surface area (Å²) in [4.78, 5) is 25.7. The number of nitriles is 1. The lowest BCUT2D eigenvalue weighted by Crippen LogP contribution is -2.28. The van der Waals surface area contributed by atoms with Crippen LogP contribution in [0.1, 0.15) is 58.3 Å². The molecule has 0 aliphatic rings. The van der Waals surface area contributed by atoms with Crippen LogP contribution < -0.4 is 5.56 Å². The number of fused-ring (bicyclic) bond motifs is 1. The Morgan fingerprint density at radius 2 is 1.89 bits per heavy atom. The van der Waals surface area contributed by atoms with Crippen LogP contribution in [-0.2, 0) is 0 Å². The third kappa shape index (κ3) is 2.72. The minimum absolute atomic E-state index is 0.0845. The van der Waals surface area contributed by atoms with Gasteiger partial charge in [0.15, 0.2) is 5.76 Å². The molecular weight excluding hydrogens is 344 g/mol. The monoisotopic (exact) mass is 364 g/mol. The topological polar surface area (TPSA) is 96.2 Å². The van der Waals surface area contributed by atoms with Gasteiger partial charge in [0.2, 0.25) is 11.7 Å². The van der Waals surface area contributed by atoms with Crippen molar-refractivity contribution in [2.45, 2.75) is 40.7 Å². The van der Waals surface area contributed by atoms with E-state index in [4.69, 9.17) is 4.42 Å². The van der Waals surface area contributed by atoms with Gasteiger partial charge in [-0.3, -0.25) is 14.2 Å². The van der Waals surface area contributed by atoms with Gasteiger partial charge < -0.3 is 9.52 Å². The summed E-state index contributed by atoms with van der Waals surface area (Å²) in [7, 11) is 0. The fraction of sp³-hybridized carbons (Fsp3) is 0.286. The molecule has 0 bridgehead atoms. The molecule has 6 nitrogen and oxygen atoms in total. The second-order valence-electron chi connectivity index (χ2n) is 6.96. The fourth-order valence-corrected chi connectivity index (χ4v) is 3.34. The predicted molar refractivity (Wildman–Crippen MR) is 101 cm³/mol. The van der Waals surface area contributed by atoms with Crippen molar-refractivity contribution >= 4 is 16.8 Å². The SMILES string of the molecule is Cc1ccc2oc(C(=O)c3c(C)c(C#N)c(=O)n(C(C)C)c3O)c(C)c2c1. The molecule has 138 valence electrons. The molecule has 2 heterocycles. The van der Waals surface area contributed by atoms with Gasteiger partial charge in [0.05, 0.1) is 5.56 Å². The Morgan fingerprint density at radius 1 is 1.22 bits per heavy atom. The van der Waals surface area contributed by atoms with E-state index >= 15 is 0 Å². The zero-order chi connectivity index (χ0) is 20.0. The third-order valence-corrected chi connectivity index (χ3v) is 4.79. The van der Waals surface area contributed by atoms with Gasteiger partial charge in [0, 0.05) is 17.0 Å². The van der Waals surface area contributed by atoms with Crippen LogP contribution >= 0.6 is 0 Å². The molecule has 0 fully saturated rings. The highest BCUT2D eigenvalue weighted by Gasteiger charge is 2.29. The van der Waals surface area contributed by atoms with Gasteiger partial charge in [-0.15, -0.1) is 0 Å².